The number of rotatable bonds is 12. The second kappa shape index (κ2) is 15.4. The zero-order chi connectivity index (χ0) is 39.4. The molecule has 0 radical (unpaired) electrons. The van der Waals surface area contributed by atoms with Gasteiger partial charge < -0.3 is 30.9 Å². The molecule has 2 amide bonds. The van der Waals surface area contributed by atoms with E-state index in [1.807, 2.05) is 18.2 Å². The van der Waals surface area contributed by atoms with Gasteiger partial charge in [-0.25, -0.2) is 0 Å². The molecule has 5 aliphatic carbocycles. The van der Waals surface area contributed by atoms with Crippen LogP contribution in [0.25, 0.3) is 0 Å². The highest BCUT2D eigenvalue weighted by Crippen LogP contribution is 2.74. The van der Waals surface area contributed by atoms with Crippen molar-refractivity contribution >= 4 is 17.8 Å². The van der Waals surface area contributed by atoms with Crippen LogP contribution in [0.15, 0.2) is 24.3 Å². The van der Waals surface area contributed by atoms with Crippen molar-refractivity contribution in [2.24, 2.45) is 57.2 Å². The summed E-state index contributed by atoms with van der Waals surface area (Å²) in [6.07, 6.45) is 13.5. The van der Waals surface area contributed by atoms with Gasteiger partial charge in [0.05, 0.1) is 17.1 Å². The highest BCUT2D eigenvalue weighted by atomic mass is 16.4. The van der Waals surface area contributed by atoms with Crippen molar-refractivity contribution in [3.05, 3.63) is 35.4 Å². The monoisotopic (exact) mass is 762 g/mol. The van der Waals surface area contributed by atoms with Crippen molar-refractivity contribution in [3.8, 4) is 0 Å². The minimum absolute atomic E-state index is 0.0602. The lowest BCUT2D eigenvalue weighted by Gasteiger charge is -2.69. The molecule has 1 saturated heterocycles. The maximum atomic E-state index is 14.9. The van der Waals surface area contributed by atoms with Crippen molar-refractivity contribution in [1.82, 2.24) is 15.5 Å². The number of hydrogen-bond donors (Lipinski definition) is 5. The third-order valence-corrected chi connectivity index (χ3v) is 17.3. The van der Waals surface area contributed by atoms with Crippen molar-refractivity contribution in [3.63, 3.8) is 0 Å². The molecule has 5 N–H and O–H groups in total. The van der Waals surface area contributed by atoms with E-state index in [-0.39, 0.29) is 52.4 Å². The Morgan fingerprint density at radius 3 is 2.35 bits per heavy atom. The number of carbonyl (C=O) groups is 3. The molecule has 0 aromatic heterocycles. The minimum Gasteiger partial charge on any atom is -0.481 e. The number of aliphatic hydroxyl groups excluding tert-OH is 1. The van der Waals surface area contributed by atoms with Crippen LogP contribution < -0.4 is 10.6 Å². The summed E-state index contributed by atoms with van der Waals surface area (Å²) < 4.78 is 0. The quantitative estimate of drug-likeness (QED) is 0.142. The Morgan fingerprint density at radius 1 is 0.873 bits per heavy atom. The van der Waals surface area contributed by atoms with Gasteiger partial charge in [-0.2, -0.15) is 0 Å². The molecule has 5 saturated carbocycles. The molecule has 0 bridgehead atoms. The molecule has 6 fully saturated rings. The van der Waals surface area contributed by atoms with E-state index in [9.17, 15) is 24.6 Å². The summed E-state index contributed by atoms with van der Waals surface area (Å²) in [5.74, 6) is 1.31. The van der Waals surface area contributed by atoms with E-state index in [4.69, 9.17) is 5.11 Å². The first-order valence-electron chi connectivity index (χ1n) is 22.0. The van der Waals surface area contributed by atoms with Crippen LogP contribution in [-0.2, 0) is 16.1 Å². The molecular formula is C46H71N3O6. The molecule has 306 valence electrons. The zero-order valence-electron chi connectivity index (χ0n) is 34.5. The Balaban J connectivity index is 1.11. The number of carboxylic acid groups (broad SMARTS) is 1. The van der Waals surface area contributed by atoms with Gasteiger partial charge in [-0.05, 0) is 179 Å². The highest BCUT2D eigenvalue weighted by molar-refractivity contribution is 5.94. The fourth-order valence-corrected chi connectivity index (χ4v) is 14.7. The van der Waals surface area contributed by atoms with Gasteiger partial charge in [-0.3, -0.25) is 14.4 Å². The fraction of sp³-hybridized carbons (Fsp3) is 0.804. The summed E-state index contributed by atoms with van der Waals surface area (Å²) in [5.41, 5.74) is 0.316. The number of β-amino-alcohol motifs (C(OH)–C–C–N with tert-alkyl or cyclic N) is 1. The van der Waals surface area contributed by atoms with Crippen LogP contribution in [0.1, 0.15) is 147 Å². The molecule has 55 heavy (non-hydrogen) atoms. The summed E-state index contributed by atoms with van der Waals surface area (Å²) >= 11 is 0. The number of likely N-dealkylation sites (tertiary alicyclic amines) is 1. The van der Waals surface area contributed by atoms with Crippen molar-refractivity contribution in [2.45, 2.75) is 149 Å². The SMILES string of the molecule is CC(O)(CN1CCCC1)C1CCC2(C(=O)NCc3cccc(C(=O)NCCCCC(=O)O)c3)CCC3C(CCC4C3(C)CCC3C(C)(C)C(O)CCC34C)C12. The van der Waals surface area contributed by atoms with E-state index in [2.05, 4.69) is 50.2 Å². The van der Waals surface area contributed by atoms with E-state index in [1.54, 1.807) is 6.07 Å². The first kappa shape index (κ1) is 40.7. The first-order chi connectivity index (χ1) is 26.0. The maximum Gasteiger partial charge on any atom is 0.303 e. The van der Waals surface area contributed by atoms with Crippen LogP contribution in [0.2, 0.25) is 0 Å². The third-order valence-electron chi connectivity index (χ3n) is 17.3. The number of unbranched alkanes of at least 4 members (excludes halogenated alkanes) is 1. The van der Waals surface area contributed by atoms with Crippen molar-refractivity contribution in [1.29, 1.82) is 0 Å². The van der Waals surface area contributed by atoms with Gasteiger partial charge >= 0.3 is 5.97 Å². The minimum atomic E-state index is -0.876. The molecule has 1 aliphatic heterocycles. The average Bonchev–Trinajstić information content (AvgIpc) is 3.81. The van der Waals surface area contributed by atoms with Crippen molar-refractivity contribution in [2.75, 3.05) is 26.2 Å². The summed E-state index contributed by atoms with van der Waals surface area (Å²) in [7, 11) is 0. The second-order valence-corrected chi connectivity index (χ2v) is 20.6. The maximum absolute atomic E-state index is 14.9. The summed E-state index contributed by atoms with van der Waals surface area (Å²) in [5, 5.41) is 38.8. The van der Waals surface area contributed by atoms with Gasteiger partial charge in [0.15, 0.2) is 0 Å². The van der Waals surface area contributed by atoms with E-state index in [0.29, 0.717) is 61.7 Å². The number of nitrogens with one attached hydrogen (secondary N) is 2. The van der Waals surface area contributed by atoms with Gasteiger partial charge in [0.1, 0.15) is 0 Å². The molecule has 9 nitrogen and oxygen atoms in total. The van der Waals surface area contributed by atoms with Crippen LogP contribution in [-0.4, -0.2) is 75.9 Å². The normalized spacial score (nSPS) is 39.1. The van der Waals surface area contributed by atoms with Gasteiger partial charge in [-0.15, -0.1) is 0 Å². The molecular weight excluding hydrogens is 691 g/mol. The standard InChI is InChI=1S/C46H71N3O6/c1-42(2)35-18-20-43(3)33-16-22-46(41(54)48-28-30-11-10-12-31(27-30)40(53)47-24-7-6-13-38(51)52)23-17-34(45(5,55)29-49-25-8-9-26-49)39(46)32(33)14-15-36(43)44(35,4)21-19-37(42)50/h10-12,27,32-37,39,50,55H,6-9,13-26,28-29H2,1-5H3,(H,47,53)(H,48,54)(H,51,52). The molecule has 0 spiro atoms. The van der Waals surface area contributed by atoms with Crippen LogP contribution >= 0.6 is 0 Å². The number of carboxylic acids is 1. The van der Waals surface area contributed by atoms with Crippen LogP contribution in [0.5, 0.6) is 0 Å². The van der Waals surface area contributed by atoms with Gasteiger partial charge in [-0.1, -0.05) is 39.8 Å². The molecule has 7 rings (SSSR count). The second-order valence-electron chi connectivity index (χ2n) is 20.6. The number of carbonyl (C=O) groups excluding carboxylic acids is 2. The number of benzene rings is 1. The van der Waals surface area contributed by atoms with Gasteiger partial charge in [0, 0.05) is 31.6 Å². The van der Waals surface area contributed by atoms with Crippen LogP contribution in [0.3, 0.4) is 0 Å². The van der Waals surface area contributed by atoms with E-state index >= 15 is 0 Å². The Hall–Kier alpha value is -2.49. The van der Waals surface area contributed by atoms with E-state index in [1.165, 1.54) is 25.7 Å². The molecule has 9 heteroatoms. The topological polar surface area (TPSA) is 139 Å². The Kier molecular flexibility index (Phi) is 11.4. The Morgan fingerprint density at radius 2 is 1.60 bits per heavy atom. The number of aliphatic carboxylic acids is 1. The van der Waals surface area contributed by atoms with Gasteiger partial charge in [0.2, 0.25) is 5.91 Å². The smallest absolute Gasteiger partial charge is 0.303 e. The molecule has 11 atom stereocenters. The predicted octanol–water partition coefficient (Wildman–Crippen LogP) is 7.19. The molecule has 1 heterocycles. The average molecular weight is 762 g/mol. The third kappa shape index (κ3) is 7.30. The first-order valence-corrected chi connectivity index (χ1v) is 22.0. The lowest BCUT2D eigenvalue weighted by atomic mass is 9.36. The number of nitrogens with zero attached hydrogens (tertiary/aromatic N) is 1. The Labute approximate surface area is 330 Å². The molecule has 1 aromatic carbocycles. The lowest BCUT2D eigenvalue weighted by Crippen LogP contribution is -2.64. The number of amides is 2. The van der Waals surface area contributed by atoms with Crippen LogP contribution in [0, 0.1) is 57.2 Å². The number of aliphatic hydroxyl groups is 2. The number of fused-ring (bicyclic) bond motifs is 7. The van der Waals surface area contributed by atoms with Gasteiger partial charge in [0.25, 0.3) is 5.91 Å². The predicted molar refractivity (Wildman–Crippen MR) is 214 cm³/mol. The van der Waals surface area contributed by atoms with Crippen LogP contribution in [0.4, 0.5) is 0 Å². The summed E-state index contributed by atoms with van der Waals surface area (Å²) in [6, 6.07) is 7.44. The zero-order valence-corrected chi connectivity index (χ0v) is 34.5. The van der Waals surface area contributed by atoms with E-state index < -0.39 is 17.0 Å². The highest BCUT2D eigenvalue weighted by Gasteiger charge is 2.69. The number of hydrogen-bond acceptors (Lipinski definition) is 6. The molecule has 6 aliphatic rings. The van der Waals surface area contributed by atoms with E-state index in [0.717, 1.165) is 70.0 Å². The fourth-order valence-electron chi connectivity index (χ4n) is 14.7. The largest absolute Gasteiger partial charge is 0.481 e. The molecule has 1 aromatic rings. The summed E-state index contributed by atoms with van der Waals surface area (Å²) in [6.45, 7) is 15.4. The Bertz CT molecular complexity index is 1590. The lowest BCUT2D eigenvalue weighted by molar-refractivity contribution is -0.220. The molecule has 11 unspecified atom stereocenters. The van der Waals surface area contributed by atoms with Crippen molar-refractivity contribution < 1.29 is 29.7 Å². The summed E-state index contributed by atoms with van der Waals surface area (Å²) in [4.78, 5) is 41.1.